The van der Waals surface area contributed by atoms with Crippen molar-refractivity contribution in [3.8, 4) is 0 Å². The maximum absolute atomic E-state index is 5.91. The Hall–Kier alpha value is -0.160. The summed E-state index contributed by atoms with van der Waals surface area (Å²) in [7, 11) is 0. The Balaban J connectivity index is 1.58. The summed E-state index contributed by atoms with van der Waals surface area (Å²) in [5, 5.41) is 0. The molecule has 2 aliphatic rings. The van der Waals surface area contributed by atoms with Gasteiger partial charge in [-0.1, -0.05) is 13.3 Å². The molecule has 0 aliphatic carbocycles. The van der Waals surface area contributed by atoms with Gasteiger partial charge in [-0.15, -0.1) is 0 Å². The van der Waals surface area contributed by atoms with E-state index in [4.69, 9.17) is 5.73 Å². The first-order valence-corrected chi connectivity index (χ1v) is 8.72. The van der Waals surface area contributed by atoms with Crippen LogP contribution in [0.2, 0.25) is 0 Å². The highest BCUT2D eigenvalue weighted by Crippen LogP contribution is 2.11. The molecule has 2 aliphatic heterocycles. The van der Waals surface area contributed by atoms with Crippen molar-refractivity contribution in [1.82, 2.24) is 14.7 Å². The summed E-state index contributed by atoms with van der Waals surface area (Å²) in [6.45, 7) is 13.2. The van der Waals surface area contributed by atoms with Gasteiger partial charge in [-0.05, 0) is 51.9 Å². The summed E-state index contributed by atoms with van der Waals surface area (Å²) >= 11 is 0. The van der Waals surface area contributed by atoms with Crippen LogP contribution in [0.15, 0.2) is 0 Å². The van der Waals surface area contributed by atoms with Crippen LogP contribution >= 0.6 is 0 Å². The van der Waals surface area contributed by atoms with Crippen LogP contribution in [0.5, 0.6) is 0 Å². The van der Waals surface area contributed by atoms with Crippen LogP contribution in [0.4, 0.5) is 0 Å². The van der Waals surface area contributed by atoms with Crippen LogP contribution in [0, 0.1) is 0 Å². The van der Waals surface area contributed by atoms with E-state index in [1.54, 1.807) is 0 Å². The van der Waals surface area contributed by atoms with Gasteiger partial charge in [-0.25, -0.2) is 0 Å². The van der Waals surface area contributed by atoms with E-state index in [0.29, 0.717) is 6.04 Å². The molecule has 118 valence electrons. The molecule has 0 spiro atoms. The lowest BCUT2D eigenvalue weighted by atomic mass is 10.1. The molecule has 4 nitrogen and oxygen atoms in total. The fraction of sp³-hybridized carbons (Fsp3) is 1.00. The fourth-order valence-electron chi connectivity index (χ4n) is 3.66. The van der Waals surface area contributed by atoms with Crippen molar-refractivity contribution in [2.75, 3.05) is 58.9 Å². The van der Waals surface area contributed by atoms with Gasteiger partial charge < -0.3 is 15.5 Å². The van der Waals surface area contributed by atoms with E-state index < -0.39 is 0 Å². The number of hydrogen-bond acceptors (Lipinski definition) is 4. The van der Waals surface area contributed by atoms with Crippen LogP contribution in [-0.4, -0.2) is 79.6 Å². The first-order valence-electron chi connectivity index (χ1n) is 8.72. The Morgan fingerprint density at radius 2 is 1.50 bits per heavy atom. The third kappa shape index (κ3) is 4.99. The van der Waals surface area contributed by atoms with Crippen LogP contribution in [0.1, 0.15) is 39.0 Å². The monoisotopic (exact) mass is 282 g/mol. The van der Waals surface area contributed by atoms with Crippen molar-refractivity contribution < 1.29 is 0 Å². The zero-order chi connectivity index (χ0) is 14.2. The molecule has 2 heterocycles. The van der Waals surface area contributed by atoms with Crippen LogP contribution in [-0.2, 0) is 0 Å². The molecule has 0 bridgehead atoms. The average molecular weight is 282 g/mol. The molecule has 0 aromatic heterocycles. The lowest BCUT2D eigenvalue weighted by Crippen LogP contribution is -2.52. The molecule has 2 N–H and O–H groups in total. The van der Waals surface area contributed by atoms with E-state index in [9.17, 15) is 0 Å². The van der Waals surface area contributed by atoms with Crippen LogP contribution in [0.25, 0.3) is 0 Å². The van der Waals surface area contributed by atoms with Crippen molar-refractivity contribution >= 4 is 0 Å². The van der Waals surface area contributed by atoms with Gasteiger partial charge in [0.2, 0.25) is 0 Å². The molecule has 0 radical (unpaired) electrons. The topological polar surface area (TPSA) is 35.7 Å². The predicted molar refractivity (Wildman–Crippen MR) is 86.1 cm³/mol. The molecular weight excluding hydrogens is 248 g/mol. The first kappa shape index (κ1) is 16.2. The van der Waals surface area contributed by atoms with E-state index in [1.165, 1.54) is 84.5 Å². The third-order valence-electron chi connectivity index (χ3n) is 4.96. The number of nitrogens with two attached hydrogens (primary N) is 1. The summed E-state index contributed by atoms with van der Waals surface area (Å²) in [6.07, 6.45) is 6.67. The summed E-state index contributed by atoms with van der Waals surface area (Å²) in [5.74, 6) is 0. The maximum Gasteiger partial charge on any atom is 0.0219 e. The van der Waals surface area contributed by atoms with E-state index in [0.717, 1.165) is 6.54 Å². The summed E-state index contributed by atoms with van der Waals surface area (Å²) < 4.78 is 0. The smallest absolute Gasteiger partial charge is 0.0219 e. The van der Waals surface area contributed by atoms with E-state index >= 15 is 0 Å². The molecule has 0 aromatic carbocycles. The minimum absolute atomic E-state index is 0.617. The molecule has 2 rings (SSSR count). The Morgan fingerprint density at radius 1 is 0.900 bits per heavy atom. The Kier molecular flexibility index (Phi) is 7.28. The molecule has 1 atom stereocenters. The molecule has 20 heavy (non-hydrogen) atoms. The highest BCUT2D eigenvalue weighted by Gasteiger charge is 2.22. The number of nitrogens with zero attached hydrogens (tertiary/aromatic N) is 3. The summed E-state index contributed by atoms with van der Waals surface area (Å²) in [5.41, 5.74) is 5.91. The van der Waals surface area contributed by atoms with Gasteiger partial charge in [0.25, 0.3) is 0 Å². The van der Waals surface area contributed by atoms with Crippen molar-refractivity contribution in [1.29, 1.82) is 0 Å². The van der Waals surface area contributed by atoms with Gasteiger partial charge in [0.05, 0.1) is 0 Å². The van der Waals surface area contributed by atoms with Gasteiger partial charge in [-0.2, -0.15) is 0 Å². The van der Waals surface area contributed by atoms with Crippen molar-refractivity contribution in [3.63, 3.8) is 0 Å². The molecule has 1 unspecified atom stereocenters. The molecule has 4 heteroatoms. The van der Waals surface area contributed by atoms with Gasteiger partial charge in [0, 0.05) is 38.8 Å². The zero-order valence-electron chi connectivity index (χ0n) is 13.4. The number of piperazine rings is 1. The average Bonchev–Trinajstić information content (AvgIpc) is 2.99. The van der Waals surface area contributed by atoms with E-state index in [1.807, 2.05) is 0 Å². The second-order valence-electron chi connectivity index (χ2n) is 6.46. The first-order chi connectivity index (χ1) is 9.83. The highest BCUT2D eigenvalue weighted by atomic mass is 15.3. The second-order valence-corrected chi connectivity index (χ2v) is 6.46. The molecule has 2 saturated heterocycles. The van der Waals surface area contributed by atoms with E-state index in [-0.39, 0.29) is 0 Å². The van der Waals surface area contributed by atoms with Crippen LogP contribution < -0.4 is 5.73 Å². The molecule has 0 aromatic rings. The van der Waals surface area contributed by atoms with Gasteiger partial charge in [-0.3, -0.25) is 4.90 Å². The molecule has 0 saturated carbocycles. The van der Waals surface area contributed by atoms with Crippen molar-refractivity contribution in [2.45, 2.75) is 45.1 Å². The molecule has 2 fully saturated rings. The van der Waals surface area contributed by atoms with Gasteiger partial charge in [0.15, 0.2) is 0 Å². The van der Waals surface area contributed by atoms with E-state index in [2.05, 4.69) is 21.6 Å². The summed E-state index contributed by atoms with van der Waals surface area (Å²) in [6, 6.07) is 0.617. The normalized spacial score (nSPS) is 24.3. The number of rotatable bonds is 8. The largest absolute Gasteiger partial charge is 0.329 e. The SMILES string of the molecule is CCCC(CN)N1CCN(CCCN2CCCC2)CC1. The zero-order valence-corrected chi connectivity index (χ0v) is 13.4. The number of hydrogen-bond donors (Lipinski definition) is 1. The third-order valence-corrected chi connectivity index (χ3v) is 4.96. The standard InChI is InChI=1S/C16H34N4/c1-2-6-16(15-17)20-13-11-19(12-14-20)10-5-9-18-7-3-4-8-18/h16H,2-15,17H2,1H3. The van der Waals surface area contributed by atoms with Crippen LogP contribution in [0.3, 0.4) is 0 Å². The minimum Gasteiger partial charge on any atom is -0.329 e. The quantitative estimate of drug-likeness (QED) is 0.726. The lowest BCUT2D eigenvalue weighted by Gasteiger charge is -2.39. The van der Waals surface area contributed by atoms with Gasteiger partial charge in [0.1, 0.15) is 0 Å². The molecule has 0 amide bonds. The van der Waals surface area contributed by atoms with Crippen molar-refractivity contribution in [3.05, 3.63) is 0 Å². The highest BCUT2D eigenvalue weighted by molar-refractivity contribution is 4.79. The predicted octanol–water partition coefficient (Wildman–Crippen LogP) is 1.22. The lowest BCUT2D eigenvalue weighted by molar-refractivity contribution is 0.0920. The summed E-state index contributed by atoms with van der Waals surface area (Å²) in [4.78, 5) is 7.88. The Labute approximate surface area is 125 Å². The molecular formula is C16H34N4. The number of likely N-dealkylation sites (tertiary alicyclic amines) is 1. The maximum atomic E-state index is 5.91. The minimum atomic E-state index is 0.617. The van der Waals surface area contributed by atoms with Gasteiger partial charge >= 0.3 is 0 Å². The Morgan fingerprint density at radius 3 is 2.05 bits per heavy atom. The van der Waals surface area contributed by atoms with Crippen molar-refractivity contribution in [2.24, 2.45) is 5.73 Å². The second kappa shape index (κ2) is 8.98. The fourth-order valence-corrected chi connectivity index (χ4v) is 3.66. The Bertz CT molecular complexity index is 245.